The Hall–Kier alpha value is -2.23. The van der Waals surface area contributed by atoms with E-state index >= 15 is 0 Å². The number of carbonyl (C=O) groups excluding carboxylic acids is 2. The molecule has 0 aliphatic rings. The molecule has 0 aromatic heterocycles. The van der Waals surface area contributed by atoms with Gasteiger partial charge in [-0.25, -0.2) is 9.18 Å². The summed E-state index contributed by atoms with van der Waals surface area (Å²) in [5.41, 5.74) is -0.537. The molecule has 0 spiro atoms. The minimum Gasteiger partial charge on any atom is -0.471 e. The predicted octanol–water partition coefficient (Wildman–Crippen LogP) is 2.37. The molecule has 0 heterocycles. The van der Waals surface area contributed by atoms with Crippen LogP contribution in [0.5, 0.6) is 5.75 Å². The van der Waals surface area contributed by atoms with Crippen molar-refractivity contribution in [1.82, 2.24) is 0 Å². The number of hydrogen-bond donors (Lipinski definition) is 0. The van der Waals surface area contributed by atoms with Gasteiger partial charge in [0.15, 0.2) is 6.10 Å². The Morgan fingerprint density at radius 2 is 2.00 bits per heavy atom. The van der Waals surface area contributed by atoms with Crippen molar-refractivity contribution in [3.63, 3.8) is 0 Å². The lowest BCUT2D eigenvalue weighted by Gasteiger charge is -2.16. The number of nitro benzene ring substituents is 1. The first kappa shape index (κ1) is 18.8. The number of carbonyl (C=O) groups is 2. The van der Waals surface area contributed by atoms with Crippen LogP contribution in [0.1, 0.15) is 12.8 Å². The number of hydrogen-bond acceptors (Lipinski definition) is 7. The molecule has 1 atom stereocenters. The van der Waals surface area contributed by atoms with Gasteiger partial charge in [-0.15, -0.1) is 0 Å². The Morgan fingerprint density at radius 1 is 1.35 bits per heavy atom. The van der Waals surface area contributed by atoms with E-state index in [0.29, 0.717) is 0 Å². The number of nitrogens with zero attached hydrogens (tertiary/aromatic N) is 1. The van der Waals surface area contributed by atoms with Gasteiger partial charge in [0, 0.05) is 25.0 Å². The van der Waals surface area contributed by atoms with Crippen molar-refractivity contribution < 1.29 is 33.1 Å². The highest BCUT2D eigenvalue weighted by atomic mass is 79.9. The smallest absolute Gasteiger partial charge is 0.347 e. The quantitative estimate of drug-likeness (QED) is 0.397. The second-order valence-corrected chi connectivity index (χ2v) is 5.09. The van der Waals surface area contributed by atoms with Gasteiger partial charge >= 0.3 is 17.6 Å². The zero-order valence-electron chi connectivity index (χ0n) is 12.2. The average molecular weight is 394 g/mol. The number of benzene rings is 1. The summed E-state index contributed by atoms with van der Waals surface area (Å²) in [5.74, 6) is -2.70. The summed E-state index contributed by atoms with van der Waals surface area (Å²) in [4.78, 5) is 33.1. The molecular weight excluding hydrogens is 381 g/mol. The van der Waals surface area contributed by atoms with Gasteiger partial charge in [0.2, 0.25) is 5.75 Å². The maximum absolute atomic E-state index is 13.6. The largest absolute Gasteiger partial charge is 0.471 e. The molecule has 0 fully saturated rings. The van der Waals surface area contributed by atoms with Crippen molar-refractivity contribution in [1.29, 1.82) is 0 Å². The molecule has 10 heteroatoms. The topological polar surface area (TPSA) is 105 Å². The van der Waals surface area contributed by atoms with Gasteiger partial charge in [-0.3, -0.25) is 14.9 Å². The molecule has 0 saturated carbocycles. The summed E-state index contributed by atoms with van der Waals surface area (Å²) in [6.07, 6.45) is -1.64. The van der Waals surface area contributed by atoms with Crippen LogP contribution in [0.4, 0.5) is 10.1 Å². The first-order valence-electron chi connectivity index (χ1n) is 6.24. The summed E-state index contributed by atoms with van der Waals surface area (Å²) in [5, 5.41) is 11.0. The van der Waals surface area contributed by atoms with Gasteiger partial charge in [0.05, 0.1) is 23.6 Å². The second kappa shape index (κ2) is 8.42. The lowest BCUT2D eigenvalue weighted by molar-refractivity contribution is -0.386. The van der Waals surface area contributed by atoms with E-state index < -0.39 is 40.2 Å². The highest BCUT2D eigenvalue weighted by Crippen LogP contribution is 2.33. The number of esters is 2. The molecule has 0 amide bonds. The third-order valence-electron chi connectivity index (χ3n) is 2.77. The molecule has 0 aliphatic heterocycles. The van der Waals surface area contributed by atoms with Crippen LogP contribution in [0.15, 0.2) is 16.6 Å². The molecule has 1 aromatic carbocycles. The van der Waals surface area contributed by atoms with E-state index in [4.69, 9.17) is 4.74 Å². The van der Waals surface area contributed by atoms with Crippen molar-refractivity contribution in [3.8, 4) is 5.75 Å². The molecule has 126 valence electrons. The van der Waals surface area contributed by atoms with Crippen LogP contribution in [0.2, 0.25) is 0 Å². The van der Waals surface area contributed by atoms with Crippen LogP contribution >= 0.6 is 15.9 Å². The zero-order valence-corrected chi connectivity index (χ0v) is 13.8. The molecule has 0 radical (unpaired) electrons. The summed E-state index contributed by atoms with van der Waals surface area (Å²) in [7, 11) is 2.26. The fourth-order valence-electron chi connectivity index (χ4n) is 1.62. The predicted molar refractivity (Wildman–Crippen MR) is 78.4 cm³/mol. The van der Waals surface area contributed by atoms with Crippen molar-refractivity contribution in [2.45, 2.75) is 18.9 Å². The molecule has 0 bridgehead atoms. The summed E-state index contributed by atoms with van der Waals surface area (Å²) >= 11 is 2.83. The van der Waals surface area contributed by atoms with Gasteiger partial charge in [0.25, 0.3) is 0 Å². The standard InChI is InChI=1S/C13H13BrFNO7/c1-21-12(17)4-3-10(13(18)22-2)23-11-6-8(15)7(14)5-9(11)16(19)20/h5-6,10H,3-4H2,1-2H3. The highest BCUT2D eigenvalue weighted by molar-refractivity contribution is 9.10. The molecule has 0 saturated heterocycles. The van der Waals surface area contributed by atoms with Crippen molar-refractivity contribution in [2.24, 2.45) is 0 Å². The third-order valence-corrected chi connectivity index (χ3v) is 3.38. The Bertz CT molecular complexity index is 623. The van der Waals surface area contributed by atoms with Crippen LogP contribution in [0, 0.1) is 15.9 Å². The Morgan fingerprint density at radius 3 is 2.52 bits per heavy atom. The highest BCUT2D eigenvalue weighted by Gasteiger charge is 2.27. The Kier molecular flexibility index (Phi) is 6.89. The Balaban J connectivity index is 3.07. The summed E-state index contributed by atoms with van der Waals surface area (Å²) in [6, 6.07) is 1.69. The monoisotopic (exact) mass is 393 g/mol. The number of nitro groups is 1. The molecule has 1 rings (SSSR count). The van der Waals surface area contributed by atoms with Gasteiger partial charge in [0.1, 0.15) is 5.82 Å². The molecule has 8 nitrogen and oxygen atoms in total. The van der Waals surface area contributed by atoms with Crippen molar-refractivity contribution in [3.05, 3.63) is 32.5 Å². The Labute approximate surface area is 138 Å². The molecule has 1 unspecified atom stereocenters. The fourth-order valence-corrected chi connectivity index (χ4v) is 1.95. The summed E-state index contributed by atoms with van der Waals surface area (Å²) < 4.78 is 27.6. The van der Waals surface area contributed by atoms with E-state index in [9.17, 15) is 24.1 Å². The van der Waals surface area contributed by atoms with Crippen molar-refractivity contribution in [2.75, 3.05) is 14.2 Å². The molecule has 1 aromatic rings. The van der Waals surface area contributed by atoms with Gasteiger partial charge in [-0.1, -0.05) is 0 Å². The van der Waals surface area contributed by atoms with Crippen LogP contribution in [0.3, 0.4) is 0 Å². The van der Waals surface area contributed by atoms with E-state index in [1.165, 1.54) is 7.11 Å². The first-order chi connectivity index (χ1) is 10.8. The normalized spacial score (nSPS) is 11.5. The minimum absolute atomic E-state index is 0.124. The lowest BCUT2D eigenvalue weighted by atomic mass is 10.2. The maximum Gasteiger partial charge on any atom is 0.347 e. The van der Waals surface area contributed by atoms with E-state index in [2.05, 4.69) is 25.4 Å². The minimum atomic E-state index is -1.32. The summed E-state index contributed by atoms with van der Waals surface area (Å²) in [6.45, 7) is 0. The maximum atomic E-state index is 13.6. The van der Waals surface area contributed by atoms with E-state index in [1.54, 1.807) is 0 Å². The van der Waals surface area contributed by atoms with E-state index in [1.807, 2.05) is 0 Å². The van der Waals surface area contributed by atoms with Gasteiger partial charge in [-0.05, 0) is 15.9 Å². The number of methoxy groups -OCH3 is 2. The van der Waals surface area contributed by atoms with E-state index in [0.717, 1.165) is 19.2 Å². The van der Waals surface area contributed by atoms with Crippen molar-refractivity contribution >= 4 is 33.6 Å². The average Bonchev–Trinajstić information content (AvgIpc) is 2.52. The SMILES string of the molecule is COC(=O)CCC(Oc1cc(F)c(Br)cc1[N+](=O)[O-])C(=O)OC. The number of ether oxygens (including phenoxy) is 3. The fraction of sp³-hybridized carbons (Fsp3) is 0.385. The van der Waals surface area contributed by atoms with Gasteiger partial charge in [-0.2, -0.15) is 0 Å². The number of rotatable bonds is 7. The molecule has 0 N–H and O–H groups in total. The van der Waals surface area contributed by atoms with Crippen LogP contribution in [0.25, 0.3) is 0 Å². The number of halogens is 2. The lowest BCUT2D eigenvalue weighted by Crippen LogP contribution is -2.29. The molecule has 0 aliphatic carbocycles. The zero-order chi connectivity index (χ0) is 17.6. The van der Waals surface area contributed by atoms with Crippen LogP contribution < -0.4 is 4.74 Å². The van der Waals surface area contributed by atoms with Gasteiger partial charge < -0.3 is 14.2 Å². The van der Waals surface area contributed by atoms with E-state index in [-0.39, 0.29) is 17.3 Å². The molecular formula is C13H13BrFNO7. The first-order valence-corrected chi connectivity index (χ1v) is 7.04. The van der Waals surface area contributed by atoms with Crippen LogP contribution in [-0.4, -0.2) is 37.2 Å². The third kappa shape index (κ3) is 5.16. The van der Waals surface area contributed by atoms with Crippen LogP contribution in [-0.2, 0) is 19.1 Å². The molecule has 23 heavy (non-hydrogen) atoms. The second-order valence-electron chi connectivity index (χ2n) is 4.24.